The van der Waals surface area contributed by atoms with Crippen molar-refractivity contribution in [3.63, 3.8) is 0 Å². The van der Waals surface area contributed by atoms with Crippen LogP contribution in [-0.4, -0.2) is 71.5 Å². The van der Waals surface area contributed by atoms with Gasteiger partial charge in [0.05, 0.1) is 46.4 Å². The van der Waals surface area contributed by atoms with Gasteiger partial charge in [-0.15, -0.1) is 0 Å². The monoisotopic (exact) mass is 603 g/mol. The summed E-state index contributed by atoms with van der Waals surface area (Å²) in [6.45, 7) is 2.75. The molecule has 4 rings (SSSR count). The maximum absolute atomic E-state index is 14.0. The number of hydrogen-bond donors (Lipinski definition) is 2. The molecule has 42 heavy (non-hydrogen) atoms. The number of nitrogens with one attached hydrogen (secondary N) is 1. The highest BCUT2D eigenvalue weighted by molar-refractivity contribution is 7.52. The molecule has 3 unspecified atom stereocenters. The Kier molecular flexibility index (Phi) is 8.97. The quantitative estimate of drug-likeness (QED) is 0.238. The topological polar surface area (TPSA) is 212 Å². The van der Waals surface area contributed by atoms with Crippen LogP contribution in [0.5, 0.6) is 11.6 Å². The Morgan fingerprint density at radius 3 is 2.69 bits per heavy atom. The van der Waals surface area contributed by atoms with Gasteiger partial charge < -0.3 is 29.2 Å². The van der Waals surface area contributed by atoms with Gasteiger partial charge in [-0.05, 0) is 32.4 Å². The van der Waals surface area contributed by atoms with Crippen molar-refractivity contribution in [2.75, 3.05) is 33.7 Å². The smallest absolute Gasteiger partial charge is 0.459 e. The molecule has 1 aliphatic rings. The van der Waals surface area contributed by atoms with Crippen LogP contribution in [0.4, 0.5) is 5.95 Å². The van der Waals surface area contributed by atoms with E-state index in [-0.39, 0.29) is 41.8 Å². The van der Waals surface area contributed by atoms with E-state index in [2.05, 4.69) is 26.1 Å². The molecule has 0 spiro atoms. The number of ether oxygens (including phenoxy) is 4. The fourth-order valence-electron chi connectivity index (χ4n) is 4.44. The molecule has 0 saturated carbocycles. The summed E-state index contributed by atoms with van der Waals surface area (Å²) in [5.41, 5.74) is 5.32. The minimum Gasteiger partial charge on any atom is -0.479 e. The van der Waals surface area contributed by atoms with Crippen LogP contribution in [0.15, 0.2) is 30.6 Å². The number of fused-ring (bicyclic) bond motifs is 1. The molecule has 0 aliphatic carbocycles. The number of benzene rings is 1. The SMILES string of the molecule is COC(=O)c1ccccc1OP(=O)(N[C@@H](C)C(=O)OC)OCC1C[C@@](C)(C#N)C(n2cnc3c(OC)nc(N)nc32)O1. The Bertz CT molecular complexity index is 1580. The van der Waals surface area contributed by atoms with Gasteiger partial charge in [-0.2, -0.15) is 20.3 Å². The molecule has 1 aromatic carbocycles. The minimum absolute atomic E-state index is 0.0192. The predicted molar refractivity (Wildman–Crippen MR) is 145 cm³/mol. The lowest BCUT2D eigenvalue weighted by Gasteiger charge is -2.24. The third-order valence-electron chi connectivity index (χ3n) is 6.47. The van der Waals surface area contributed by atoms with Crippen LogP contribution in [0.2, 0.25) is 0 Å². The Labute approximate surface area is 240 Å². The molecule has 3 aromatic rings. The first-order valence-electron chi connectivity index (χ1n) is 12.6. The molecule has 1 fully saturated rings. The summed E-state index contributed by atoms with van der Waals surface area (Å²) in [6.07, 6.45) is -0.0949. The van der Waals surface area contributed by atoms with E-state index in [1.807, 2.05) is 0 Å². The van der Waals surface area contributed by atoms with Crippen molar-refractivity contribution >= 4 is 36.8 Å². The van der Waals surface area contributed by atoms with Crippen LogP contribution in [0.1, 0.15) is 36.9 Å². The van der Waals surface area contributed by atoms with Crippen LogP contribution in [-0.2, 0) is 28.1 Å². The van der Waals surface area contributed by atoms with Crippen molar-refractivity contribution in [2.24, 2.45) is 5.41 Å². The van der Waals surface area contributed by atoms with E-state index in [9.17, 15) is 19.4 Å². The molecular weight excluding hydrogens is 573 g/mol. The van der Waals surface area contributed by atoms with Gasteiger partial charge in [-0.3, -0.25) is 13.9 Å². The first-order chi connectivity index (χ1) is 20.0. The van der Waals surface area contributed by atoms with Crippen LogP contribution >= 0.6 is 7.75 Å². The highest BCUT2D eigenvalue weighted by atomic mass is 31.2. The molecular formula is C25H30N7O9P. The number of nitrogen functional groups attached to an aromatic ring is 1. The summed E-state index contributed by atoms with van der Waals surface area (Å²) in [7, 11) is -0.603. The second-order valence-electron chi connectivity index (χ2n) is 9.51. The molecule has 224 valence electrons. The zero-order valence-corrected chi connectivity index (χ0v) is 24.4. The van der Waals surface area contributed by atoms with Crippen LogP contribution in [0.25, 0.3) is 11.2 Å². The maximum atomic E-state index is 14.0. The summed E-state index contributed by atoms with van der Waals surface area (Å²) in [4.78, 5) is 36.9. The zero-order valence-electron chi connectivity index (χ0n) is 23.5. The van der Waals surface area contributed by atoms with E-state index in [0.717, 1.165) is 0 Å². The van der Waals surface area contributed by atoms with Crippen molar-refractivity contribution in [1.29, 1.82) is 5.26 Å². The van der Waals surface area contributed by atoms with Gasteiger partial charge in [0.2, 0.25) is 11.8 Å². The van der Waals surface area contributed by atoms with Crippen LogP contribution in [0.3, 0.4) is 0 Å². The highest BCUT2D eigenvalue weighted by Gasteiger charge is 2.48. The molecule has 2 aromatic heterocycles. The molecule has 1 saturated heterocycles. The van der Waals surface area contributed by atoms with Crippen LogP contribution < -0.4 is 20.1 Å². The number of rotatable bonds is 11. The molecule has 3 N–H and O–H groups in total. The number of anilines is 1. The number of nitrogens with zero attached hydrogens (tertiary/aromatic N) is 5. The number of nitriles is 1. The fraction of sp³-hybridized carbons (Fsp3) is 0.440. The lowest BCUT2D eigenvalue weighted by Crippen LogP contribution is -2.35. The average molecular weight is 604 g/mol. The van der Waals surface area contributed by atoms with Gasteiger partial charge in [0, 0.05) is 0 Å². The minimum atomic E-state index is -4.37. The van der Waals surface area contributed by atoms with E-state index >= 15 is 0 Å². The zero-order chi connectivity index (χ0) is 30.7. The number of carbonyl (C=O) groups excluding carboxylic acids is 2. The number of esters is 2. The molecule has 17 heteroatoms. The third-order valence-corrected chi connectivity index (χ3v) is 8.10. The standard InChI is InChI=1S/C25H30N7O9P/c1-14(21(33)37-4)31-42(35,41-17-9-7-6-8-16(17)22(34)38-5)39-11-15-10-25(2,12-26)23(40-15)32-13-28-18-19(32)29-24(27)30-20(18)36-3/h6-9,13-15,23H,10-11H2,1-5H3,(H,31,35)(H2,27,29,30)/t14-,15?,23?,25-,42?/m0/s1. The van der Waals surface area contributed by atoms with Crippen molar-refractivity contribution in [1.82, 2.24) is 24.6 Å². The fourth-order valence-corrected chi connectivity index (χ4v) is 5.98. The van der Waals surface area contributed by atoms with Gasteiger partial charge >= 0.3 is 19.7 Å². The Morgan fingerprint density at radius 1 is 1.29 bits per heavy atom. The van der Waals surface area contributed by atoms with Gasteiger partial charge in [0.25, 0.3) is 0 Å². The van der Waals surface area contributed by atoms with Gasteiger partial charge in [-0.1, -0.05) is 12.1 Å². The summed E-state index contributed by atoms with van der Waals surface area (Å²) in [6, 6.07) is 7.09. The Hall–Kier alpha value is -4.29. The van der Waals surface area contributed by atoms with E-state index in [0.29, 0.717) is 5.52 Å². The number of imidazole rings is 1. The van der Waals surface area contributed by atoms with Crippen molar-refractivity contribution < 1.29 is 42.1 Å². The summed E-state index contributed by atoms with van der Waals surface area (Å²) in [5, 5.41) is 12.6. The lowest BCUT2D eigenvalue weighted by atomic mass is 9.87. The van der Waals surface area contributed by atoms with E-state index in [1.54, 1.807) is 23.6 Å². The second-order valence-corrected chi connectivity index (χ2v) is 11.2. The summed E-state index contributed by atoms with van der Waals surface area (Å²) >= 11 is 0. The molecule has 0 bridgehead atoms. The van der Waals surface area contributed by atoms with Gasteiger partial charge in [0.15, 0.2) is 17.4 Å². The maximum Gasteiger partial charge on any atom is 0.459 e. The third kappa shape index (κ3) is 6.14. The average Bonchev–Trinajstić information content (AvgIpc) is 3.55. The molecule has 0 radical (unpaired) electrons. The lowest BCUT2D eigenvalue weighted by molar-refractivity contribution is -0.142. The Balaban J connectivity index is 1.61. The van der Waals surface area contributed by atoms with Crippen molar-refractivity contribution in [2.45, 2.75) is 38.6 Å². The summed E-state index contributed by atoms with van der Waals surface area (Å²) in [5.74, 6) is -1.49. The summed E-state index contributed by atoms with van der Waals surface area (Å²) < 4.78 is 47.9. The second kappa shape index (κ2) is 12.3. The number of para-hydroxylation sites is 1. The van der Waals surface area contributed by atoms with Crippen molar-refractivity contribution in [3.05, 3.63) is 36.2 Å². The molecule has 0 amide bonds. The first-order valence-corrected chi connectivity index (χ1v) is 14.1. The molecule has 5 atom stereocenters. The number of nitrogens with two attached hydrogens (primary N) is 1. The van der Waals surface area contributed by atoms with Gasteiger partial charge in [-0.25, -0.2) is 14.3 Å². The molecule has 16 nitrogen and oxygen atoms in total. The number of hydrogen-bond acceptors (Lipinski definition) is 14. The largest absolute Gasteiger partial charge is 0.479 e. The Morgan fingerprint density at radius 2 is 2.02 bits per heavy atom. The van der Waals surface area contributed by atoms with E-state index in [4.69, 9.17) is 33.7 Å². The molecule has 3 heterocycles. The van der Waals surface area contributed by atoms with E-state index in [1.165, 1.54) is 46.7 Å². The molecule has 1 aliphatic heterocycles. The highest BCUT2D eigenvalue weighted by Crippen LogP contribution is 2.50. The van der Waals surface area contributed by atoms with Crippen molar-refractivity contribution in [3.8, 4) is 17.7 Å². The normalized spacial score (nSPS) is 22.1. The van der Waals surface area contributed by atoms with Gasteiger partial charge in [0.1, 0.15) is 22.8 Å². The van der Waals surface area contributed by atoms with Crippen LogP contribution in [0, 0.1) is 16.7 Å². The predicted octanol–water partition coefficient (Wildman–Crippen LogP) is 2.38. The first kappa shape index (κ1) is 30.7. The number of carbonyl (C=O) groups is 2. The van der Waals surface area contributed by atoms with E-state index < -0.39 is 43.5 Å². The number of aromatic nitrogens is 4. The number of methoxy groups -OCH3 is 3.